The van der Waals surface area contributed by atoms with Crippen LogP contribution in [0, 0.1) is 5.92 Å². The lowest BCUT2D eigenvalue weighted by Crippen LogP contribution is -2.56. The fourth-order valence-electron chi connectivity index (χ4n) is 3.04. The van der Waals surface area contributed by atoms with Crippen LogP contribution < -0.4 is 27.0 Å². The molecule has 0 spiro atoms. The molecule has 0 aromatic heterocycles. The lowest BCUT2D eigenvalue weighted by Gasteiger charge is -2.29. The fraction of sp³-hybridized carbons (Fsp3) is 0.826. The van der Waals surface area contributed by atoms with Crippen LogP contribution in [0.25, 0.3) is 0 Å². The number of nitrogens with one attached hydrogen (secondary N) is 4. The smallest absolute Gasteiger partial charge is 0.326 e. The molecular formula is C23H45N5O6. The van der Waals surface area contributed by atoms with Crippen molar-refractivity contribution >= 4 is 23.8 Å². The monoisotopic (exact) mass is 487 g/mol. The molecule has 2 amide bonds. The van der Waals surface area contributed by atoms with Gasteiger partial charge in [0.2, 0.25) is 11.8 Å². The van der Waals surface area contributed by atoms with E-state index in [1.165, 1.54) is 0 Å². The second kappa shape index (κ2) is 15.6. The molecule has 0 aliphatic carbocycles. The van der Waals surface area contributed by atoms with Crippen LogP contribution in [0.2, 0.25) is 0 Å². The zero-order valence-corrected chi connectivity index (χ0v) is 21.4. The summed E-state index contributed by atoms with van der Waals surface area (Å²) in [5.41, 5.74) is 5.46. The Kier molecular flexibility index (Phi) is 14.6. The van der Waals surface area contributed by atoms with Gasteiger partial charge >= 0.3 is 11.9 Å². The molecule has 0 fully saturated rings. The Morgan fingerprint density at radius 2 is 1.56 bits per heavy atom. The molecule has 8 N–H and O–H groups in total. The van der Waals surface area contributed by atoms with E-state index >= 15 is 0 Å². The molecule has 34 heavy (non-hydrogen) atoms. The molecule has 0 rings (SSSR count). The van der Waals surface area contributed by atoms with Crippen molar-refractivity contribution in [2.75, 3.05) is 13.1 Å². The molecule has 2 unspecified atom stereocenters. The van der Waals surface area contributed by atoms with Gasteiger partial charge in [0.25, 0.3) is 0 Å². The summed E-state index contributed by atoms with van der Waals surface area (Å²) < 4.78 is 0. The van der Waals surface area contributed by atoms with Crippen LogP contribution >= 0.6 is 0 Å². The molecule has 0 bridgehead atoms. The lowest BCUT2D eigenvalue weighted by molar-refractivity contribution is -0.143. The van der Waals surface area contributed by atoms with Gasteiger partial charge in [0.1, 0.15) is 6.04 Å². The number of carbonyl (C=O) groups excluding carboxylic acids is 2. The highest BCUT2D eigenvalue weighted by molar-refractivity contribution is 5.87. The molecule has 0 saturated carbocycles. The normalized spacial score (nSPS) is 15.3. The average Bonchev–Trinajstić information content (AvgIpc) is 2.75. The van der Waals surface area contributed by atoms with E-state index in [1.807, 2.05) is 41.5 Å². The SMILES string of the molecule is CCC(C)(C)N[C@@H](CN)C(=O)NCCCC(NC(=O)[C@H](CCC(=O)O)NC(C)C(C)C)C(=O)O. The standard InChI is InChI=1S/C23H45N5O6/c1-7-23(5,6)28-18(13-24)20(31)25-12-8-9-17(22(33)34)27-21(32)16(10-11-19(29)30)26-15(4)14(2)3/h14-18,26,28H,7-13,24H2,1-6H3,(H,25,31)(H,27,32)(H,29,30)(H,33,34)/t15?,16-,17?,18-/m0/s1. The van der Waals surface area contributed by atoms with Gasteiger partial charge in [-0.15, -0.1) is 0 Å². The van der Waals surface area contributed by atoms with Crippen LogP contribution in [0.1, 0.15) is 73.6 Å². The molecule has 0 aliphatic heterocycles. The number of hydrogen-bond donors (Lipinski definition) is 7. The minimum absolute atomic E-state index is 0.0439. The highest BCUT2D eigenvalue weighted by atomic mass is 16.4. The average molecular weight is 488 g/mol. The zero-order chi connectivity index (χ0) is 26.5. The van der Waals surface area contributed by atoms with Crippen LogP contribution in [-0.2, 0) is 19.2 Å². The van der Waals surface area contributed by atoms with E-state index in [-0.39, 0.29) is 55.8 Å². The topological polar surface area (TPSA) is 183 Å². The Hall–Kier alpha value is -2.24. The number of nitrogens with two attached hydrogens (primary N) is 1. The van der Waals surface area contributed by atoms with Crippen molar-refractivity contribution in [2.24, 2.45) is 11.7 Å². The van der Waals surface area contributed by atoms with E-state index in [4.69, 9.17) is 10.8 Å². The van der Waals surface area contributed by atoms with E-state index in [1.54, 1.807) is 0 Å². The summed E-state index contributed by atoms with van der Waals surface area (Å²) in [6.07, 6.45) is 1.07. The molecule has 4 atom stereocenters. The third kappa shape index (κ3) is 12.9. The van der Waals surface area contributed by atoms with Crippen molar-refractivity contribution in [1.29, 1.82) is 0 Å². The molecule has 0 radical (unpaired) electrons. The van der Waals surface area contributed by atoms with Gasteiger partial charge in [-0.1, -0.05) is 20.8 Å². The van der Waals surface area contributed by atoms with Crippen molar-refractivity contribution in [3.05, 3.63) is 0 Å². The van der Waals surface area contributed by atoms with Crippen LogP contribution in [0.15, 0.2) is 0 Å². The van der Waals surface area contributed by atoms with E-state index in [0.717, 1.165) is 6.42 Å². The van der Waals surface area contributed by atoms with Crippen molar-refractivity contribution in [1.82, 2.24) is 21.3 Å². The van der Waals surface area contributed by atoms with Crippen LogP contribution in [0.5, 0.6) is 0 Å². The lowest BCUT2D eigenvalue weighted by atomic mass is 10.0. The third-order valence-corrected chi connectivity index (χ3v) is 6.01. The first-order valence-corrected chi connectivity index (χ1v) is 12.0. The first kappa shape index (κ1) is 31.8. The van der Waals surface area contributed by atoms with Crippen LogP contribution in [0.3, 0.4) is 0 Å². The van der Waals surface area contributed by atoms with Gasteiger partial charge in [0.05, 0.1) is 12.1 Å². The number of hydrogen-bond acceptors (Lipinski definition) is 7. The second-order valence-corrected chi connectivity index (χ2v) is 9.69. The maximum atomic E-state index is 12.7. The second-order valence-electron chi connectivity index (χ2n) is 9.69. The van der Waals surface area contributed by atoms with E-state index in [2.05, 4.69) is 21.3 Å². The molecule has 0 aromatic rings. The van der Waals surface area contributed by atoms with Gasteiger partial charge in [-0.05, 0) is 52.4 Å². The molecule has 11 nitrogen and oxygen atoms in total. The zero-order valence-electron chi connectivity index (χ0n) is 21.4. The molecule has 0 heterocycles. The summed E-state index contributed by atoms with van der Waals surface area (Å²) in [4.78, 5) is 47.8. The van der Waals surface area contributed by atoms with Crippen LogP contribution in [0.4, 0.5) is 0 Å². The van der Waals surface area contributed by atoms with Gasteiger partial charge in [-0.2, -0.15) is 0 Å². The van der Waals surface area contributed by atoms with Crippen molar-refractivity contribution < 1.29 is 29.4 Å². The molecule has 0 saturated heterocycles. The number of carboxylic acids is 2. The highest BCUT2D eigenvalue weighted by Crippen LogP contribution is 2.09. The summed E-state index contributed by atoms with van der Waals surface area (Å²) in [6, 6.07) is -2.61. The summed E-state index contributed by atoms with van der Waals surface area (Å²) in [5.74, 6) is -2.84. The Morgan fingerprint density at radius 1 is 0.941 bits per heavy atom. The summed E-state index contributed by atoms with van der Waals surface area (Å²) in [6.45, 7) is 12.1. The van der Waals surface area contributed by atoms with Gasteiger partial charge in [-0.3, -0.25) is 19.7 Å². The third-order valence-electron chi connectivity index (χ3n) is 6.01. The molecule has 0 aromatic carbocycles. The van der Waals surface area contributed by atoms with Crippen LogP contribution in [-0.4, -0.2) is 76.8 Å². The number of rotatable bonds is 18. The number of amides is 2. The maximum absolute atomic E-state index is 12.7. The predicted octanol–water partition coefficient (Wildman–Crippen LogP) is 0.425. The van der Waals surface area contributed by atoms with Gasteiger partial charge in [-0.25, -0.2) is 4.79 Å². The first-order valence-electron chi connectivity index (χ1n) is 12.0. The number of carbonyl (C=O) groups is 4. The summed E-state index contributed by atoms with van der Waals surface area (Å²) >= 11 is 0. The van der Waals surface area contributed by atoms with Gasteiger partial charge in [0, 0.05) is 31.1 Å². The van der Waals surface area contributed by atoms with E-state index in [0.29, 0.717) is 6.42 Å². The molecule has 0 aliphatic rings. The minimum atomic E-state index is -1.19. The Bertz CT molecular complexity index is 670. The van der Waals surface area contributed by atoms with E-state index < -0.39 is 36.0 Å². The van der Waals surface area contributed by atoms with Gasteiger partial charge in [0.15, 0.2) is 0 Å². The Morgan fingerprint density at radius 3 is 2.03 bits per heavy atom. The Labute approximate surface area is 203 Å². The fourth-order valence-corrected chi connectivity index (χ4v) is 3.04. The minimum Gasteiger partial charge on any atom is -0.481 e. The summed E-state index contributed by atoms with van der Waals surface area (Å²) in [5, 5.41) is 30.1. The van der Waals surface area contributed by atoms with Crippen molar-refractivity contribution in [2.45, 2.75) is 103 Å². The van der Waals surface area contributed by atoms with Crippen molar-refractivity contribution in [3.63, 3.8) is 0 Å². The largest absolute Gasteiger partial charge is 0.481 e. The molecule has 198 valence electrons. The summed E-state index contributed by atoms with van der Waals surface area (Å²) in [7, 11) is 0. The quantitative estimate of drug-likeness (QED) is 0.135. The van der Waals surface area contributed by atoms with Crippen molar-refractivity contribution in [3.8, 4) is 0 Å². The maximum Gasteiger partial charge on any atom is 0.326 e. The molecular weight excluding hydrogens is 442 g/mol. The van der Waals surface area contributed by atoms with Gasteiger partial charge < -0.3 is 31.9 Å². The number of carboxylic acid groups (broad SMARTS) is 2. The van der Waals surface area contributed by atoms with E-state index in [9.17, 15) is 24.3 Å². The predicted molar refractivity (Wildman–Crippen MR) is 130 cm³/mol. The Balaban J connectivity index is 4.88. The highest BCUT2D eigenvalue weighted by Gasteiger charge is 2.28. The molecule has 11 heteroatoms. The first-order chi connectivity index (χ1) is 15.7. The number of aliphatic carboxylic acids is 2.